The van der Waals surface area contributed by atoms with Gasteiger partial charge in [0.1, 0.15) is 11.4 Å². The quantitative estimate of drug-likeness (QED) is 0.793. The van der Waals surface area contributed by atoms with Crippen LogP contribution in [0.15, 0.2) is 40.9 Å². The number of nitrogens with zero attached hydrogens (tertiary/aromatic N) is 1. The normalized spacial score (nSPS) is 11.6. The van der Waals surface area contributed by atoms with Crippen LogP contribution in [0.25, 0.3) is 11.3 Å². The van der Waals surface area contributed by atoms with E-state index >= 15 is 0 Å². The third kappa shape index (κ3) is 2.84. The van der Waals surface area contributed by atoms with Crippen molar-refractivity contribution < 1.29 is 12.9 Å². The molecule has 0 unspecified atom stereocenters. The molecule has 0 radical (unpaired) electrons. The molecule has 1 aromatic carbocycles. The summed E-state index contributed by atoms with van der Waals surface area (Å²) in [6.45, 7) is 0. The minimum absolute atomic E-state index is 0.300. The average Bonchev–Trinajstić information content (AvgIpc) is 2.65. The zero-order valence-electron chi connectivity index (χ0n) is 8.13. The van der Waals surface area contributed by atoms with Gasteiger partial charge in [-0.05, 0) is 0 Å². The Morgan fingerprint density at radius 1 is 1.25 bits per heavy atom. The molecule has 4 nitrogen and oxygen atoms in total. The van der Waals surface area contributed by atoms with Gasteiger partial charge in [-0.15, -0.1) is 0 Å². The van der Waals surface area contributed by atoms with E-state index in [-0.39, 0.29) is 5.75 Å². The monoisotopic (exact) mass is 257 g/mol. The lowest BCUT2D eigenvalue weighted by molar-refractivity contribution is 0.426. The Bertz CT molecular complexity index is 577. The second kappa shape index (κ2) is 4.27. The first kappa shape index (κ1) is 11.2. The molecule has 0 saturated heterocycles. The number of hydrogen-bond acceptors (Lipinski definition) is 4. The second-order valence-corrected chi connectivity index (χ2v) is 6.01. The summed E-state index contributed by atoms with van der Waals surface area (Å²) in [5.74, 6) is 0.196. The molecular weight excluding hydrogens is 250 g/mol. The number of halogens is 1. The zero-order chi connectivity index (χ0) is 11.6. The van der Waals surface area contributed by atoms with Crippen LogP contribution in [-0.4, -0.2) is 13.6 Å². The summed E-state index contributed by atoms with van der Waals surface area (Å²) in [6, 6.07) is 10.9. The number of aromatic nitrogens is 1. The van der Waals surface area contributed by atoms with Crippen molar-refractivity contribution in [1.29, 1.82) is 0 Å². The Kier molecular flexibility index (Phi) is 2.98. The second-order valence-electron chi connectivity index (χ2n) is 3.23. The Morgan fingerprint density at radius 3 is 2.56 bits per heavy atom. The van der Waals surface area contributed by atoms with E-state index in [1.807, 2.05) is 30.3 Å². The van der Waals surface area contributed by atoms with Crippen molar-refractivity contribution in [1.82, 2.24) is 5.16 Å². The third-order valence-corrected chi connectivity index (χ3v) is 2.91. The van der Waals surface area contributed by atoms with Crippen molar-refractivity contribution in [2.45, 2.75) is 5.75 Å². The van der Waals surface area contributed by atoms with Crippen LogP contribution < -0.4 is 0 Å². The van der Waals surface area contributed by atoms with Gasteiger partial charge in [0.05, 0.1) is 0 Å². The first-order chi connectivity index (χ1) is 7.54. The van der Waals surface area contributed by atoms with Crippen LogP contribution in [0.3, 0.4) is 0 Å². The molecule has 2 rings (SSSR count). The van der Waals surface area contributed by atoms with Crippen molar-refractivity contribution in [3.05, 3.63) is 42.1 Å². The van der Waals surface area contributed by atoms with Crippen LogP contribution in [0.1, 0.15) is 5.69 Å². The van der Waals surface area contributed by atoms with Gasteiger partial charge in [-0.3, -0.25) is 0 Å². The first-order valence-corrected chi connectivity index (χ1v) is 6.96. The Balaban J connectivity index is 2.27. The molecule has 1 aromatic heterocycles. The summed E-state index contributed by atoms with van der Waals surface area (Å²) >= 11 is 0. The molecule has 0 N–H and O–H groups in total. The smallest absolute Gasteiger partial charge is 0.238 e. The molecule has 0 spiro atoms. The van der Waals surface area contributed by atoms with Crippen LogP contribution >= 0.6 is 10.7 Å². The van der Waals surface area contributed by atoms with Crippen molar-refractivity contribution in [3.8, 4) is 11.3 Å². The maximum atomic E-state index is 10.8. The van der Waals surface area contributed by atoms with Gasteiger partial charge in [-0.1, -0.05) is 35.5 Å². The van der Waals surface area contributed by atoms with Crippen LogP contribution in [0.4, 0.5) is 0 Å². The molecule has 0 amide bonds. The summed E-state index contributed by atoms with van der Waals surface area (Å²) in [6.07, 6.45) is 0. The SMILES string of the molecule is O=S(=O)(Cl)Cc1cc(-c2ccccc2)on1. The molecule has 1 heterocycles. The van der Waals surface area contributed by atoms with Crippen LogP contribution in [0.2, 0.25) is 0 Å². The maximum Gasteiger partial charge on any atom is 0.238 e. The van der Waals surface area contributed by atoms with E-state index in [2.05, 4.69) is 5.16 Å². The van der Waals surface area contributed by atoms with Gasteiger partial charge in [0.15, 0.2) is 5.76 Å². The van der Waals surface area contributed by atoms with Gasteiger partial charge in [-0.2, -0.15) is 0 Å². The predicted octanol–water partition coefficient (Wildman–Crippen LogP) is 2.41. The lowest BCUT2D eigenvalue weighted by Gasteiger charge is -1.91. The van der Waals surface area contributed by atoms with E-state index in [1.165, 1.54) is 0 Å². The van der Waals surface area contributed by atoms with Crippen molar-refractivity contribution in [2.24, 2.45) is 0 Å². The van der Waals surface area contributed by atoms with Crippen molar-refractivity contribution in [2.75, 3.05) is 0 Å². The summed E-state index contributed by atoms with van der Waals surface area (Å²) in [5.41, 5.74) is 1.14. The fourth-order valence-corrected chi connectivity index (χ4v) is 2.12. The maximum absolute atomic E-state index is 10.8. The lowest BCUT2D eigenvalue weighted by Crippen LogP contribution is -1.94. The van der Waals surface area contributed by atoms with E-state index in [9.17, 15) is 8.42 Å². The Hall–Kier alpha value is -1.33. The van der Waals surface area contributed by atoms with Crippen molar-refractivity contribution >= 4 is 19.7 Å². The first-order valence-electron chi connectivity index (χ1n) is 4.48. The molecule has 2 aromatic rings. The molecule has 0 saturated carbocycles. The van der Waals surface area contributed by atoms with E-state index in [0.29, 0.717) is 11.5 Å². The fourth-order valence-electron chi connectivity index (χ4n) is 1.29. The highest BCUT2D eigenvalue weighted by atomic mass is 35.7. The van der Waals surface area contributed by atoms with Gasteiger partial charge < -0.3 is 4.52 Å². The topological polar surface area (TPSA) is 60.2 Å². The largest absolute Gasteiger partial charge is 0.356 e. The van der Waals surface area contributed by atoms with Gasteiger partial charge >= 0.3 is 0 Å². The number of rotatable bonds is 3. The summed E-state index contributed by atoms with van der Waals surface area (Å²) in [4.78, 5) is 0. The molecular formula is C10H8ClNO3S. The van der Waals surface area contributed by atoms with Crippen LogP contribution in [0.5, 0.6) is 0 Å². The van der Waals surface area contributed by atoms with Gasteiger partial charge in [0, 0.05) is 22.3 Å². The van der Waals surface area contributed by atoms with Crippen LogP contribution in [-0.2, 0) is 14.8 Å². The molecule has 0 bridgehead atoms. The molecule has 0 aliphatic heterocycles. The zero-order valence-corrected chi connectivity index (χ0v) is 9.70. The molecule has 0 aliphatic rings. The molecule has 0 atom stereocenters. The van der Waals surface area contributed by atoms with Crippen molar-refractivity contribution in [3.63, 3.8) is 0 Å². The average molecular weight is 258 g/mol. The van der Waals surface area contributed by atoms with E-state index in [0.717, 1.165) is 5.56 Å². The molecule has 6 heteroatoms. The molecule has 0 fully saturated rings. The highest BCUT2D eigenvalue weighted by Crippen LogP contribution is 2.21. The van der Waals surface area contributed by atoms with Gasteiger partial charge in [0.2, 0.25) is 9.05 Å². The third-order valence-electron chi connectivity index (χ3n) is 1.94. The Morgan fingerprint density at radius 2 is 1.94 bits per heavy atom. The minimum atomic E-state index is -3.60. The standard InChI is InChI=1S/C10H8ClNO3S/c11-16(13,14)7-9-6-10(15-12-9)8-4-2-1-3-5-8/h1-6H,7H2. The van der Waals surface area contributed by atoms with Crippen LogP contribution in [0, 0.1) is 0 Å². The van der Waals surface area contributed by atoms with E-state index in [1.54, 1.807) is 6.07 Å². The number of hydrogen-bond donors (Lipinski definition) is 0. The summed E-state index contributed by atoms with van der Waals surface area (Å²) in [5, 5.41) is 3.64. The molecule has 84 valence electrons. The lowest BCUT2D eigenvalue weighted by atomic mass is 10.2. The highest BCUT2D eigenvalue weighted by molar-refractivity contribution is 8.13. The van der Waals surface area contributed by atoms with E-state index in [4.69, 9.17) is 15.2 Å². The van der Waals surface area contributed by atoms with Gasteiger partial charge in [0.25, 0.3) is 0 Å². The van der Waals surface area contributed by atoms with Gasteiger partial charge in [-0.25, -0.2) is 8.42 Å². The molecule has 16 heavy (non-hydrogen) atoms. The molecule has 0 aliphatic carbocycles. The minimum Gasteiger partial charge on any atom is -0.356 e. The summed E-state index contributed by atoms with van der Waals surface area (Å²) in [7, 11) is 1.52. The number of benzene rings is 1. The fraction of sp³-hybridized carbons (Fsp3) is 0.100. The summed E-state index contributed by atoms with van der Waals surface area (Å²) < 4.78 is 26.7. The van der Waals surface area contributed by atoms with E-state index < -0.39 is 9.05 Å². The predicted molar refractivity (Wildman–Crippen MR) is 60.4 cm³/mol. The Labute approximate surface area is 97.3 Å². The highest BCUT2D eigenvalue weighted by Gasteiger charge is 2.12.